The third-order valence-electron chi connectivity index (χ3n) is 4.46. The number of benzene rings is 3. The van der Waals surface area contributed by atoms with E-state index in [9.17, 15) is 13.2 Å². The summed E-state index contributed by atoms with van der Waals surface area (Å²) >= 11 is 14.2. The molecule has 0 aliphatic rings. The molecule has 4 aromatic rings. The minimum absolute atomic E-state index is 0.00767. The Morgan fingerprint density at radius 1 is 0.793 bits per heavy atom. The Bertz CT molecular complexity index is 1390. The van der Waals surface area contributed by atoms with Crippen LogP contribution >= 0.6 is 34.5 Å². The highest BCUT2D eigenvalue weighted by atomic mass is 35.5. The summed E-state index contributed by atoms with van der Waals surface area (Å²) in [5.74, 6) is 0. The van der Waals surface area contributed by atoms with E-state index in [-0.39, 0.29) is 10.3 Å². The van der Waals surface area contributed by atoms with Crippen molar-refractivity contribution in [1.29, 1.82) is 0 Å². The summed E-state index contributed by atoms with van der Waals surface area (Å²) in [6.07, 6.45) is 0. The van der Waals surface area contributed by atoms with Crippen LogP contribution in [0.25, 0.3) is 31.7 Å². The highest BCUT2D eigenvalue weighted by Gasteiger charge is 2.20. The standard InChI is InChI=1S/C21H13Cl2NO3S2/c22-15-5-3-6-16(23)18(15)19-20(25)14-4-1-2-7-17(14)28-21(19)12-8-10-13(11-9-12)29(24,26)27/h1-11H,(H2,24,26,27). The highest BCUT2D eigenvalue weighted by molar-refractivity contribution is 7.89. The van der Waals surface area contributed by atoms with Crippen LogP contribution in [0.15, 0.2) is 76.4 Å². The lowest BCUT2D eigenvalue weighted by Crippen LogP contribution is -2.11. The number of fused-ring (bicyclic) bond motifs is 1. The summed E-state index contributed by atoms with van der Waals surface area (Å²) in [6.45, 7) is 0. The molecule has 2 N–H and O–H groups in total. The molecule has 1 aromatic heterocycles. The second kappa shape index (κ2) is 7.55. The van der Waals surface area contributed by atoms with E-state index in [2.05, 4.69) is 0 Å². The SMILES string of the molecule is NS(=O)(=O)c1ccc(-c2sc3ccccc3c(=O)c2-c2c(Cl)cccc2Cl)cc1. The number of hydrogen-bond acceptors (Lipinski definition) is 4. The highest BCUT2D eigenvalue weighted by Crippen LogP contribution is 2.42. The van der Waals surface area contributed by atoms with Gasteiger partial charge in [0.25, 0.3) is 0 Å². The van der Waals surface area contributed by atoms with Gasteiger partial charge in [0.1, 0.15) is 0 Å². The number of primary sulfonamides is 1. The first-order chi connectivity index (χ1) is 13.8. The molecule has 0 saturated heterocycles. The molecule has 29 heavy (non-hydrogen) atoms. The smallest absolute Gasteiger partial charge is 0.238 e. The molecular weight excluding hydrogens is 449 g/mol. The van der Waals surface area contributed by atoms with Gasteiger partial charge in [0.15, 0.2) is 5.43 Å². The summed E-state index contributed by atoms with van der Waals surface area (Å²) in [5.41, 5.74) is 1.30. The van der Waals surface area contributed by atoms with Crippen molar-refractivity contribution in [2.45, 2.75) is 4.90 Å². The molecule has 0 amide bonds. The number of sulfonamides is 1. The predicted molar refractivity (Wildman–Crippen MR) is 120 cm³/mol. The van der Waals surface area contributed by atoms with Crippen LogP contribution in [0.3, 0.4) is 0 Å². The van der Waals surface area contributed by atoms with Gasteiger partial charge in [0.05, 0.1) is 20.5 Å². The monoisotopic (exact) mass is 461 g/mol. The fourth-order valence-electron chi connectivity index (χ4n) is 3.10. The Kier molecular flexibility index (Phi) is 5.23. The van der Waals surface area contributed by atoms with Crippen LogP contribution in [0.5, 0.6) is 0 Å². The lowest BCUT2D eigenvalue weighted by atomic mass is 10.00. The third-order valence-corrected chi connectivity index (χ3v) is 7.23. The van der Waals surface area contributed by atoms with Crippen molar-refractivity contribution in [3.05, 3.63) is 87.0 Å². The summed E-state index contributed by atoms with van der Waals surface area (Å²) in [7, 11) is -3.82. The second-order valence-electron chi connectivity index (χ2n) is 6.30. The van der Waals surface area contributed by atoms with Crippen LogP contribution in [-0.4, -0.2) is 8.42 Å². The zero-order valence-electron chi connectivity index (χ0n) is 14.7. The van der Waals surface area contributed by atoms with Crippen LogP contribution in [0, 0.1) is 0 Å². The van der Waals surface area contributed by atoms with E-state index in [0.717, 1.165) is 4.70 Å². The van der Waals surface area contributed by atoms with Crippen LogP contribution in [0.1, 0.15) is 0 Å². The van der Waals surface area contributed by atoms with Crippen LogP contribution in [-0.2, 0) is 10.0 Å². The van der Waals surface area contributed by atoms with Crippen molar-refractivity contribution in [1.82, 2.24) is 0 Å². The van der Waals surface area contributed by atoms with Gasteiger partial charge in [0.2, 0.25) is 10.0 Å². The molecule has 0 aliphatic heterocycles. The predicted octanol–water partition coefficient (Wildman–Crippen LogP) is 5.55. The fraction of sp³-hybridized carbons (Fsp3) is 0. The van der Waals surface area contributed by atoms with Crippen molar-refractivity contribution in [3.63, 3.8) is 0 Å². The summed E-state index contributed by atoms with van der Waals surface area (Å²) in [4.78, 5) is 14.1. The van der Waals surface area contributed by atoms with Gasteiger partial charge in [0, 0.05) is 20.5 Å². The Balaban J connectivity index is 2.10. The van der Waals surface area contributed by atoms with Crippen LogP contribution < -0.4 is 10.6 Å². The first-order valence-electron chi connectivity index (χ1n) is 8.41. The molecule has 0 bridgehead atoms. The summed E-state index contributed by atoms with van der Waals surface area (Å²) in [6, 6.07) is 18.4. The van der Waals surface area contributed by atoms with Gasteiger partial charge in [-0.05, 0) is 42.0 Å². The summed E-state index contributed by atoms with van der Waals surface area (Å²) in [5, 5.41) is 6.48. The molecule has 3 aromatic carbocycles. The largest absolute Gasteiger partial charge is 0.288 e. The first kappa shape index (κ1) is 20.1. The van der Waals surface area contributed by atoms with Crippen LogP contribution in [0.2, 0.25) is 10.0 Å². The quantitative estimate of drug-likeness (QED) is 0.434. The van der Waals surface area contributed by atoms with Crippen molar-refractivity contribution in [2.75, 3.05) is 0 Å². The van der Waals surface area contributed by atoms with E-state index in [0.29, 0.717) is 37.0 Å². The second-order valence-corrected chi connectivity index (χ2v) is 9.73. The average Bonchev–Trinajstić information content (AvgIpc) is 2.69. The Labute approximate surface area is 181 Å². The molecule has 0 radical (unpaired) electrons. The van der Waals surface area contributed by atoms with Crippen LogP contribution in [0.4, 0.5) is 0 Å². The van der Waals surface area contributed by atoms with E-state index in [4.69, 9.17) is 28.3 Å². The fourth-order valence-corrected chi connectivity index (χ4v) is 5.39. The molecule has 1 heterocycles. The zero-order chi connectivity index (χ0) is 20.8. The Morgan fingerprint density at radius 3 is 2.03 bits per heavy atom. The maximum atomic E-state index is 13.4. The zero-order valence-corrected chi connectivity index (χ0v) is 17.9. The third kappa shape index (κ3) is 3.70. The van der Waals surface area contributed by atoms with Gasteiger partial charge in [-0.3, -0.25) is 4.79 Å². The lowest BCUT2D eigenvalue weighted by molar-refractivity contribution is 0.598. The lowest BCUT2D eigenvalue weighted by Gasteiger charge is -2.13. The topological polar surface area (TPSA) is 77.2 Å². The maximum absolute atomic E-state index is 13.4. The van der Waals surface area contributed by atoms with Crippen molar-refractivity contribution < 1.29 is 8.42 Å². The Hall–Kier alpha value is -2.22. The van der Waals surface area contributed by atoms with Crippen molar-refractivity contribution in [2.24, 2.45) is 5.14 Å². The maximum Gasteiger partial charge on any atom is 0.238 e. The molecule has 0 atom stereocenters. The average molecular weight is 462 g/mol. The number of halogens is 2. The molecular formula is C21H13Cl2NO3S2. The van der Waals surface area contributed by atoms with E-state index in [1.54, 1.807) is 42.5 Å². The van der Waals surface area contributed by atoms with Gasteiger partial charge in [-0.1, -0.05) is 53.5 Å². The minimum atomic E-state index is -3.82. The van der Waals surface area contributed by atoms with E-state index >= 15 is 0 Å². The number of hydrogen-bond donors (Lipinski definition) is 1. The minimum Gasteiger partial charge on any atom is -0.288 e. The van der Waals surface area contributed by atoms with Gasteiger partial charge < -0.3 is 0 Å². The molecule has 4 rings (SSSR count). The van der Waals surface area contributed by atoms with Gasteiger partial charge in [-0.15, -0.1) is 11.3 Å². The molecule has 4 nitrogen and oxygen atoms in total. The molecule has 8 heteroatoms. The van der Waals surface area contributed by atoms with Gasteiger partial charge in [-0.25, -0.2) is 13.6 Å². The van der Waals surface area contributed by atoms with Crippen molar-refractivity contribution >= 4 is 54.6 Å². The number of rotatable bonds is 3. The van der Waals surface area contributed by atoms with E-state index < -0.39 is 10.0 Å². The first-order valence-corrected chi connectivity index (χ1v) is 11.5. The molecule has 0 spiro atoms. The van der Waals surface area contributed by atoms with Gasteiger partial charge >= 0.3 is 0 Å². The molecule has 146 valence electrons. The van der Waals surface area contributed by atoms with Gasteiger partial charge in [-0.2, -0.15) is 0 Å². The van der Waals surface area contributed by atoms with E-state index in [1.165, 1.54) is 23.5 Å². The van der Waals surface area contributed by atoms with Crippen molar-refractivity contribution in [3.8, 4) is 21.6 Å². The summed E-state index contributed by atoms with van der Waals surface area (Å²) < 4.78 is 24.0. The molecule has 0 saturated carbocycles. The Morgan fingerprint density at radius 2 is 1.41 bits per heavy atom. The molecule has 0 fully saturated rings. The normalized spacial score (nSPS) is 11.7. The molecule has 0 unspecified atom stereocenters. The number of nitrogens with two attached hydrogens (primary N) is 1. The van der Waals surface area contributed by atoms with E-state index in [1.807, 2.05) is 12.1 Å². The molecule has 0 aliphatic carbocycles.